The summed E-state index contributed by atoms with van der Waals surface area (Å²) < 4.78 is 0. The van der Waals surface area contributed by atoms with Gasteiger partial charge in [0.15, 0.2) is 0 Å². The van der Waals surface area contributed by atoms with Gasteiger partial charge in [-0.3, -0.25) is 0 Å². The summed E-state index contributed by atoms with van der Waals surface area (Å²) >= 11 is 0. The van der Waals surface area contributed by atoms with Crippen molar-refractivity contribution in [3.05, 3.63) is 34.9 Å². The molecule has 0 fully saturated rings. The minimum atomic E-state index is 1.27. The van der Waals surface area contributed by atoms with Crippen molar-refractivity contribution in [1.82, 2.24) is 0 Å². The molecule has 0 amide bonds. The lowest BCUT2D eigenvalue weighted by atomic mass is 10.0. The van der Waals surface area contributed by atoms with Crippen molar-refractivity contribution in [3.8, 4) is 0 Å². The van der Waals surface area contributed by atoms with Crippen LogP contribution in [0.25, 0.3) is 0 Å². The number of hydrogen-bond donors (Lipinski definition) is 0. The lowest BCUT2D eigenvalue weighted by Crippen LogP contribution is -1.86. The second-order valence-corrected chi connectivity index (χ2v) is 7.52. The summed E-state index contributed by atoms with van der Waals surface area (Å²) in [6, 6.07) is 0. The Kier molecular flexibility index (Phi) is 12.9. The molecule has 0 N–H and O–H groups in total. The molecule has 0 bridgehead atoms. The van der Waals surface area contributed by atoms with Gasteiger partial charge in [-0.15, -0.1) is 0 Å². The summed E-state index contributed by atoms with van der Waals surface area (Å²) in [4.78, 5) is 0. The molecule has 0 spiro atoms. The van der Waals surface area contributed by atoms with Crippen LogP contribution < -0.4 is 0 Å². The van der Waals surface area contributed by atoms with Crippen LogP contribution in [0.5, 0.6) is 0 Å². The highest BCUT2D eigenvalue weighted by Gasteiger charge is 2.11. The average molecular weight is 331 g/mol. The van der Waals surface area contributed by atoms with Gasteiger partial charge in [0.05, 0.1) is 0 Å². The van der Waals surface area contributed by atoms with Gasteiger partial charge in [0.2, 0.25) is 0 Å². The van der Waals surface area contributed by atoms with Gasteiger partial charge < -0.3 is 0 Å². The van der Waals surface area contributed by atoms with Gasteiger partial charge in [-0.25, -0.2) is 0 Å². The first-order chi connectivity index (χ1) is 11.8. The molecule has 0 heterocycles. The zero-order valence-electron chi connectivity index (χ0n) is 16.8. The Morgan fingerprint density at radius 2 is 1.21 bits per heavy atom. The van der Waals surface area contributed by atoms with E-state index in [4.69, 9.17) is 0 Å². The number of unbranched alkanes of at least 4 members (excludes halogenated alkanes) is 10. The fraction of sp³-hybridized carbons (Fsp3) is 0.750. The smallest absolute Gasteiger partial charge is 0.0262 e. The SMILES string of the molecule is CCCCCCC=C1C=C(CCCCCC)C=C1CCCCCC. The van der Waals surface area contributed by atoms with Crippen LogP contribution in [0.15, 0.2) is 34.9 Å². The number of hydrogen-bond acceptors (Lipinski definition) is 0. The largest absolute Gasteiger partial charge is 0.0770 e. The van der Waals surface area contributed by atoms with Crippen LogP contribution in [0, 0.1) is 0 Å². The van der Waals surface area contributed by atoms with E-state index in [0.29, 0.717) is 0 Å². The van der Waals surface area contributed by atoms with Crippen molar-refractivity contribution in [2.75, 3.05) is 0 Å². The van der Waals surface area contributed by atoms with Gasteiger partial charge in [-0.2, -0.15) is 0 Å². The van der Waals surface area contributed by atoms with Crippen LogP contribution in [0.2, 0.25) is 0 Å². The topological polar surface area (TPSA) is 0 Å². The van der Waals surface area contributed by atoms with Crippen molar-refractivity contribution in [2.24, 2.45) is 0 Å². The quantitative estimate of drug-likeness (QED) is 0.263. The normalized spacial score (nSPS) is 15.9. The predicted octanol–water partition coefficient (Wildman–Crippen LogP) is 8.69. The maximum Gasteiger partial charge on any atom is -0.0262 e. The molecule has 0 unspecified atom stereocenters. The molecule has 0 atom stereocenters. The lowest BCUT2D eigenvalue weighted by molar-refractivity contribution is 0.663. The van der Waals surface area contributed by atoms with Crippen LogP contribution >= 0.6 is 0 Å². The monoisotopic (exact) mass is 330 g/mol. The molecule has 0 aromatic rings. The Balaban J connectivity index is 2.48. The molecule has 1 aliphatic rings. The van der Waals surface area contributed by atoms with Crippen molar-refractivity contribution < 1.29 is 0 Å². The van der Waals surface area contributed by atoms with Gasteiger partial charge in [-0.1, -0.05) is 96.8 Å². The second-order valence-electron chi connectivity index (χ2n) is 7.52. The molecule has 24 heavy (non-hydrogen) atoms. The van der Waals surface area contributed by atoms with E-state index in [1.807, 2.05) is 0 Å². The second kappa shape index (κ2) is 14.6. The van der Waals surface area contributed by atoms with E-state index in [2.05, 4.69) is 39.0 Å². The third-order valence-electron chi connectivity index (χ3n) is 5.11. The lowest BCUT2D eigenvalue weighted by Gasteiger charge is -2.05. The summed E-state index contributed by atoms with van der Waals surface area (Å²) in [5, 5.41) is 0. The summed E-state index contributed by atoms with van der Waals surface area (Å²) in [5.41, 5.74) is 4.79. The van der Waals surface area contributed by atoms with Gasteiger partial charge >= 0.3 is 0 Å². The molecule has 0 saturated carbocycles. The van der Waals surface area contributed by atoms with E-state index in [-0.39, 0.29) is 0 Å². The predicted molar refractivity (Wildman–Crippen MR) is 111 cm³/mol. The molecule has 0 aromatic heterocycles. The summed E-state index contributed by atoms with van der Waals surface area (Å²) in [5.74, 6) is 0. The first kappa shape index (κ1) is 21.3. The molecule has 0 nitrogen and oxygen atoms in total. The Morgan fingerprint density at radius 3 is 1.83 bits per heavy atom. The Labute approximate surface area is 152 Å². The Morgan fingerprint density at radius 1 is 0.625 bits per heavy atom. The third kappa shape index (κ3) is 9.50. The zero-order valence-corrected chi connectivity index (χ0v) is 16.8. The van der Waals surface area contributed by atoms with Crippen LogP contribution in [0.3, 0.4) is 0 Å². The maximum absolute atomic E-state index is 2.53. The molecule has 0 aliphatic heterocycles. The van der Waals surface area contributed by atoms with Gasteiger partial charge in [0, 0.05) is 0 Å². The molecule has 0 heteroatoms. The number of rotatable bonds is 15. The maximum atomic E-state index is 2.53. The molecule has 1 aliphatic carbocycles. The molecule has 1 rings (SSSR count). The van der Waals surface area contributed by atoms with Crippen molar-refractivity contribution >= 4 is 0 Å². The molecule has 0 saturated heterocycles. The summed E-state index contributed by atoms with van der Waals surface area (Å²) in [6.07, 6.45) is 27.8. The van der Waals surface area contributed by atoms with Crippen LogP contribution in [-0.4, -0.2) is 0 Å². The third-order valence-corrected chi connectivity index (χ3v) is 5.11. The fourth-order valence-corrected chi connectivity index (χ4v) is 3.52. The Bertz CT molecular complexity index is 394. The molecular weight excluding hydrogens is 288 g/mol. The fourth-order valence-electron chi connectivity index (χ4n) is 3.52. The first-order valence-electron chi connectivity index (χ1n) is 10.9. The van der Waals surface area contributed by atoms with Crippen molar-refractivity contribution in [2.45, 2.75) is 117 Å². The van der Waals surface area contributed by atoms with E-state index in [1.165, 1.54) is 96.3 Å². The van der Waals surface area contributed by atoms with Crippen LogP contribution in [0.1, 0.15) is 117 Å². The van der Waals surface area contributed by atoms with Crippen LogP contribution in [0.4, 0.5) is 0 Å². The molecule has 0 radical (unpaired) electrons. The average Bonchev–Trinajstić information content (AvgIpc) is 2.97. The minimum absolute atomic E-state index is 1.27. The zero-order chi connectivity index (χ0) is 17.5. The highest BCUT2D eigenvalue weighted by atomic mass is 14.2. The minimum Gasteiger partial charge on any atom is -0.0770 e. The van der Waals surface area contributed by atoms with Crippen LogP contribution in [-0.2, 0) is 0 Å². The summed E-state index contributed by atoms with van der Waals surface area (Å²) in [7, 11) is 0. The standard InChI is InChI=1S/C24H42/c1-4-7-10-13-16-19-24-21-22(17-14-11-8-5-2)20-23(24)18-15-12-9-6-3/h19-21H,4-18H2,1-3H3. The Hall–Kier alpha value is -0.780. The van der Waals surface area contributed by atoms with Gasteiger partial charge in [0.1, 0.15) is 0 Å². The van der Waals surface area contributed by atoms with Gasteiger partial charge in [0.25, 0.3) is 0 Å². The van der Waals surface area contributed by atoms with Crippen molar-refractivity contribution in [3.63, 3.8) is 0 Å². The van der Waals surface area contributed by atoms with E-state index in [9.17, 15) is 0 Å². The summed E-state index contributed by atoms with van der Waals surface area (Å²) in [6.45, 7) is 6.88. The molecule has 138 valence electrons. The van der Waals surface area contributed by atoms with Gasteiger partial charge in [-0.05, 0) is 55.2 Å². The highest BCUT2D eigenvalue weighted by molar-refractivity contribution is 5.52. The first-order valence-corrected chi connectivity index (χ1v) is 10.9. The van der Waals surface area contributed by atoms with Crippen molar-refractivity contribution in [1.29, 1.82) is 0 Å². The van der Waals surface area contributed by atoms with E-state index < -0.39 is 0 Å². The van der Waals surface area contributed by atoms with E-state index in [0.717, 1.165) is 0 Å². The van der Waals surface area contributed by atoms with E-state index >= 15 is 0 Å². The molecule has 0 aromatic carbocycles. The van der Waals surface area contributed by atoms with E-state index in [1.54, 1.807) is 16.7 Å². The highest BCUT2D eigenvalue weighted by Crippen LogP contribution is 2.31. The molecular formula is C24H42. The number of allylic oxidation sites excluding steroid dienone is 6.